The van der Waals surface area contributed by atoms with Gasteiger partial charge in [-0.1, -0.05) is 6.92 Å². The van der Waals surface area contributed by atoms with E-state index in [2.05, 4.69) is 22.1 Å². The normalized spacial score (nSPS) is 20.2. The number of carboxylic acid groups (broad SMARTS) is 1. The number of hydrogen-bond donors (Lipinski definition) is 3. The number of likely N-dealkylation sites (N-methyl/N-ethyl adjacent to an activating group) is 1. The highest BCUT2D eigenvalue weighted by Crippen LogP contribution is 2.20. The number of anilines is 2. The molecule has 0 radical (unpaired) electrons. The molecule has 0 aliphatic carbocycles. The predicted molar refractivity (Wildman–Crippen MR) is 74.4 cm³/mol. The van der Waals surface area contributed by atoms with Gasteiger partial charge in [0.05, 0.1) is 11.3 Å². The summed E-state index contributed by atoms with van der Waals surface area (Å²) in [5, 5.41) is 12.2. The van der Waals surface area contributed by atoms with Gasteiger partial charge < -0.3 is 21.1 Å². The van der Waals surface area contributed by atoms with Crippen LogP contribution in [0.1, 0.15) is 30.1 Å². The summed E-state index contributed by atoms with van der Waals surface area (Å²) in [6, 6.07) is 1.76. The third kappa shape index (κ3) is 3.35. The van der Waals surface area contributed by atoms with Gasteiger partial charge >= 0.3 is 5.97 Å². The molecular formula is C13H20N4O2. The largest absolute Gasteiger partial charge is 0.478 e. The Labute approximate surface area is 112 Å². The Morgan fingerprint density at radius 1 is 1.68 bits per heavy atom. The molecule has 6 heteroatoms. The van der Waals surface area contributed by atoms with Crippen molar-refractivity contribution in [3.05, 3.63) is 17.8 Å². The molecule has 2 heterocycles. The lowest BCUT2D eigenvalue weighted by Gasteiger charge is -2.32. The van der Waals surface area contributed by atoms with Gasteiger partial charge in [0, 0.05) is 18.8 Å². The standard InChI is InChI=1S/C13H20N4O2/c1-2-17-5-3-4-10(8-17)16-12-11(14)6-9(7-15-12)13(18)19/h6-7,10H,2-5,8,14H2,1H3,(H,15,16)(H,18,19). The molecule has 1 saturated heterocycles. The second-order valence-electron chi connectivity index (χ2n) is 4.84. The maximum absolute atomic E-state index is 10.8. The maximum Gasteiger partial charge on any atom is 0.337 e. The Bertz CT molecular complexity index is 464. The van der Waals surface area contributed by atoms with Crippen LogP contribution in [0.4, 0.5) is 11.5 Å². The van der Waals surface area contributed by atoms with E-state index in [9.17, 15) is 4.79 Å². The first-order valence-corrected chi connectivity index (χ1v) is 6.58. The molecule has 0 bridgehead atoms. The Morgan fingerprint density at radius 3 is 3.11 bits per heavy atom. The zero-order chi connectivity index (χ0) is 13.8. The number of carboxylic acids is 1. The third-order valence-corrected chi connectivity index (χ3v) is 3.46. The molecule has 104 valence electrons. The quantitative estimate of drug-likeness (QED) is 0.758. The SMILES string of the molecule is CCN1CCCC(Nc2ncc(C(=O)O)cc2N)C1. The molecular weight excluding hydrogens is 244 g/mol. The number of aromatic nitrogens is 1. The van der Waals surface area contributed by atoms with Crippen molar-refractivity contribution in [1.29, 1.82) is 0 Å². The highest BCUT2D eigenvalue weighted by molar-refractivity contribution is 5.89. The first-order valence-electron chi connectivity index (χ1n) is 6.58. The van der Waals surface area contributed by atoms with E-state index in [4.69, 9.17) is 10.8 Å². The van der Waals surface area contributed by atoms with E-state index < -0.39 is 5.97 Å². The monoisotopic (exact) mass is 264 g/mol. The van der Waals surface area contributed by atoms with Crippen LogP contribution >= 0.6 is 0 Å². The second kappa shape index (κ2) is 5.88. The summed E-state index contributed by atoms with van der Waals surface area (Å²) in [4.78, 5) is 17.3. The minimum Gasteiger partial charge on any atom is -0.478 e. The van der Waals surface area contributed by atoms with Crippen LogP contribution in [-0.4, -0.2) is 46.6 Å². The lowest BCUT2D eigenvalue weighted by atomic mass is 10.1. The lowest BCUT2D eigenvalue weighted by Crippen LogP contribution is -2.42. The van der Waals surface area contributed by atoms with Gasteiger partial charge in [-0.3, -0.25) is 0 Å². The molecule has 1 fully saturated rings. The summed E-state index contributed by atoms with van der Waals surface area (Å²) in [5.74, 6) is -0.437. The number of likely N-dealkylation sites (tertiary alicyclic amines) is 1. The predicted octanol–water partition coefficient (Wildman–Crippen LogP) is 1.26. The number of nitrogen functional groups attached to an aromatic ring is 1. The van der Waals surface area contributed by atoms with E-state index in [1.54, 1.807) is 0 Å². The van der Waals surface area contributed by atoms with Crippen LogP contribution in [0.25, 0.3) is 0 Å². The molecule has 0 amide bonds. The number of pyridine rings is 1. The van der Waals surface area contributed by atoms with Crippen molar-refractivity contribution in [2.45, 2.75) is 25.8 Å². The molecule has 1 atom stereocenters. The Morgan fingerprint density at radius 2 is 2.47 bits per heavy atom. The minimum atomic E-state index is -1.01. The number of rotatable bonds is 4. The van der Waals surface area contributed by atoms with E-state index in [-0.39, 0.29) is 5.56 Å². The van der Waals surface area contributed by atoms with E-state index in [0.717, 1.165) is 32.5 Å². The fourth-order valence-electron chi connectivity index (χ4n) is 2.37. The average Bonchev–Trinajstić information content (AvgIpc) is 2.41. The van der Waals surface area contributed by atoms with Crippen molar-refractivity contribution in [1.82, 2.24) is 9.88 Å². The number of nitrogens with zero attached hydrogens (tertiary/aromatic N) is 2. The van der Waals surface area contributed by atoms with Crippen molar-refractivity contribution in [3.63, 3.8) is 0 Å². The number of piperidine rings is 1. The first kappa shape index (κ1) is 13.6. The van der Waals surface area contributed by atoms with Gasteiger partial charge in [0.1, 0.15) is 5.82 Å². The van der Waals surface area contributed by atoms with Gasteiger partial charge in [0.25, 0.3) is 0 Å². The smallest absolute Gasteiger partial charge is 0.337 e. The van der Waals surface area contributed by atoms with Gasteiger partial charge in [0.15, 0.2) is 0 Å². The number of carbonyl (C=O) groups is 1. The maximum atomic E-state index is 10.8. The Balaban J connectivity index is 2.04. The highest BCUT2D eigenvalue weighted by atomic mass is 16.4. The molecule has 2 rings (SSSR count). The summed E-state index contributed by atoms with van der Waals surface area (Å²) in [5.41, 5.74) is 6.34. The van der Waals surface area contributed by atoms with Crippen molar-refractivity contribution >= 4 is 17.5 Å². The van der Waals surface area contributed by atoms with Gasteiger partial charge in [-0.25, -0.2) is 9.78 Å². The molecule has 1 aliphatic rings. The van der Waals surface area contributed by atoms with Gasteiger partial charge in [-0.05, 0) is 32.0 Å². The molecule has 6 nitrogen and oxygen atoms in total. The Kier molecular flexibility index (Phi) is 4.21. The molecule has 0 saturated carbocycles. The van der Waals surface area contributed by atoms with E-state index >= 15 is 0 Å². The highest BCUT2D eigenvalue weighted by Gasteiger charge is 2.19. The number of aromatic carboxylic acids is 1. The van der Waals surface area contributed by atoms with Crippen LogP contribution in [0.15, 0.2) is 12.3 Å². The van der Waals surface area contributed by atoms with Crippen molar-refractivity contribution < 1.29 is 9.90 Å². The average molecular weight is 264 g/mol. The van der Waals surface area contributed by atoms with Crippen LogP contribution < -0.4 is 11.1 Å². The van der Waals surface area contributed by atoms with Gasteiger partial charge in [0.2, 0.25) is 0 Å². The topological polar surface area (TPSA) is 91.5 Å². The number of nitrogens with two attached hydrogens (primary N) is 1. The van der Waals surface area contributed by atoms with Crippen LogP contribution in [0.3, 0.4) is 0 Å². The zero-order valence-electron chi connectivity index (χ0n) is 11.1. The van der Waals surface area contributed by atoms with Gasteiger partial charge in [-0.15, -0.1) is 0 Å². The molecule has 1 aromatic rings. The number of hydrogen-bond acceptors (Lipinski definition) is 5. The third-order valence-electron chi connectivity index (χ3n) is 3.46. The minimum absolute atomic E-state index is 0.113. The summed E-state index contributed by atoms with van der Waals surface area (Å²) >= 11 is 0. The molecule has 4 N–H and O–H groups in total. The Hall–Kier alpha value is -1.82. The molecule has 1 unspecified atom stereocenters. The second-order valence-corrected chi connectivity index (χ2v) is 4.84. The number of nitrogens with one attached hydrogen (secondary N) is 1. The van der Waals surface area contributed by atoms with E-state index in [1.165, 1.54) is 12.3 Å². The van der Waals surface area contributed by atoms with E-state index in [1.807, 2.05) is 0 Å². The molecule has 0 aromatic carbocycles. The van der Waals surface area contributed by atoms with Gasteiger partial charge in [-0.2, -0.15) is 0 Å². The summed E-state index contributed by atoms with van der Waals surface area (Å²) in [6.07, 6.45) is 3.57. The lowest BCUT2D eigenvalue weighted by molar-refractivity contribution is 0.0696. The van der Waals surface area contributed by atoms with Crippen molar-refractivity contribution in [2.75, 3.05) is 30.7 Å². The van der Waals surface area contributed by atoms with Crippen LogP contribution in [0.2, 0.25) is 0 Å². The summed E-state index contributed by atoms with van der Waals surface area (Å²) < 4.78 is 0. The van der Waals surface area contributed by atoms with Crippen LogP contribution in [0.5, 0.6) is 0 Å². The fraction of sp³-hybridized carbons (Fsp3) is 0.538. The zero-order valence-corrected chi connectivity index (χ0v) is 11.1. The van der Waals surface area contributed by atoms with E-state index in [0.29, 0.717) is 17.5 Å². The van der Waals surface area contributed by atoms with Crippen molar-refractivity contribution in [3.8, 4) is 0 Å². The molecule has 0 spiro atoms. The molecule has 1 aliphatic heterocycles. The van der Waals surface area contributed by atoms with Crippen molar-refractivity contribution in [2.24, 2.45) is 0 Å². The molecule has 19 heavy (non-hydrogen) atoms. The fourth-order valence-corrected chi connectivity index (χ4v) is 2.37. The first-order chi connectivity index (χ1) is 9.10. The summed E-state index contributed by atoms with van der Waals surface area (Å²) in [6.45, 7) is 5.30. The van der Waals surface area contributed by atoms with Crippen LogP contribution in [-0.2, 0) is 0 Å². The molecule has 1 aromatic heterocycles. The summed E-state index contributed by atoms with van der Waals surface area (Å²) in [7, 11) is 0. The van der Waals surface area contributed by atoms with Crippen LogP contribution in [0, 0.1) is 0 Å².